The van der Waals surface area contributed by atoms with E-state index < -0.39 is 11.8 Å². The Hall–Kier alpha value is -2.82. The van der Waals surface area contributed by atoms with Gasteiger partial charge in [-0.05, 0) is 17.7 Å². The second kappa shape index (κ2) is 5.66. The molecule has 0 N–H and O–H groups in total. The van der Waals surface area contributed by atoms with E-state index in [1.54, 1.807) is 12.1 Å². The van der Waals surface area contributed by atoms with E-state index in [0.29, 0.717) is 11.5 Å². The van der Waals surface area contributed by atoms with E-state index in [-0.39, 0.29) is 19.0 Å². The highest BCUT2D eigenvalue weighted by molar-refractivity contribution is 6.41. The molecular weight excluding hydrogens is 272 g/mol. The molecule has 1 heterocycles. The Labute approximate surface area is 121 Å². The molecule has 1 aliphatic rings. The topological polar surface area (TPSA) is 61.8 Å². The van der Waals surface area contributed by atoms with Crippen LogP contribution in [0.3, 0.4) is 0 Å². The number of ether oxygens (including phenoxy) is 3. The van der Waals surface area contributed by atoms with Crippen LogP contribution in [-0.2, 0) is 16.1 Å². The van der Waals surface area contributed by atoms with Crippen molar-refractivity contribution in [1.29, 1.82) is 0 Å². The zero-order valence-corrected chi connectivity index (χ0v) is 11.1. The average Bonchev–Trinajstić information content (AvgIpc) is 3.01. The van der Waals surface area contributed by atoms with Crippen molar-refractivity contribution in [3.05, 3.63) is 59.7 Å². The van der Waals surface area contributed by atoms with Crippen LogP contribution in [0.4, 0.5) is 0 Å². The van der Waals surface area contributed by atoms with Crippen molar-refractivity contribution in [2.24, 2.45) is 0 Å². The van der Waals surface area contributed by atoms with Crippen LogP contribution in [-0.4, -0.2) is 18.5 Å². The van der Waals surface area contributed by atoms with Crippen molar-refractivity contribution in [3.8, 4) is 11.5 Å². The molecule has 0 saturated carbocycles. The van der Waals surface area contributed by atoms with Crippen LogP contribution in [0.1, 0.15) is 15.9 Å². The molecule has 2 aromatic carbocycles. The van der Waals surface area contributed by atoms with E-state index in [9.17, 15) is 9.59 Å². The molecule has 5 nitrogen and oxygen atoms in total. The van der Waals surface area contributed by atoms with E-state index in [0.717, 1.165) is 5.56 Å². The summed E-state index contributed by atoms with van der Waals surface area (Å²) in [5.41, 5.74) is 0.972. The number of carbonyl (C=O) groups excluding carboxylic acids is 2. The van der Waals surface area contributed by atoms with Crippen molar-refractivity contribution in [1.82, 2.24) is 0 Å². The van der Waals surface area contributed by atoms with Gasteiger partial charge >= 0.3 is 5.97 Å². The first-order valence-corrected chi connectivity index (χ1v) is 6.39. The van der Waals surface area contributed by atoms with Crippen molar-refractivity contribution in [2.45, 2.75) is 6.61 Å². The second-order valence-corrected chi connectivity index (χ2v) is 4.43. The lowest BCUT2D eigenvalue weighted by Gasteiger charge is -2.06. The van der Waals surface area contributed by atoms with Crippen LogP contribution >= 0.6 is 0 Å². The SMILES string of the molecule is O=C(OCc1ccccc1)C(=O)c1cccc2c1OCO2. The number of benzene rings is 2. The standard InChI is InChI=1S/C16H12O5/c17-14(12-7-4-8-13-15(12)21-10-20-13)16(18)19-9-11-5-2-1-3-6-11/h1-8H,9-10H2. The fourth-order valence-electron chi connectivity index (χ4n) is 2.01. The summed E-state index contributed by atoms with van der Waals surface area (Å²) in [7, 11) is 0. The van der Waals surface area contributed by atoms with Gasteiger partial charge in [-0.3, -0.25) is 4.79 Å². The van der Waals surface area contributed by atoms with Gasteiger partial charge in [0.2, 0.25) is 6.79 Å². The fraction of sp³-hybridized carbons (Fsp3) is 0.125. The predicted octanol–water partition coefficient (Wildman–Crippen LogP) is 2.34. The Morgan fingerprint density at radius 1 is 1.00 bits per heavy atom. The zero-order chi connectivity index (χ0) is 14.7. The lowest BCUT2D eigenvalue weighted by Crippen LogP contribution is -2.18. The summed E-state index contributed by atoms with van der Waals surface area (Å²) in [6.07, 6.45) is 0. The third kappa shape index (κ3) is 2.72. The molecule has 106 valence electrons. The van der Waals surface area contributed by atoms with Gasteiger partial charge in [-0.1, -0.05) is 36.4 Å². The molecule has 0 atom stereocenters. The maximum atomic E-state index is 12.1. The number of hydrogen-bond donors (Lipinski definition) is 0. The molecule has 0 unspecified atom stereocenters. The van der Waals surface area contributed by atoms with E-state index in [1.165, 1.54) is 6.07 Å². The lowest BCUT2D eigenvalue weighted by molar-refractivity contribution is -0.139. The highest BCUT2D eigenvalue weighted by atomic mass is 16.7. The number of Topliss-reactive ketones (excluding diaryl/α,β-unsaturated/α-hetero) is 1. The van der Waals surface area contributed by atoms with Gasteiger partial charge in [0, 0.05) is 0 Å². The van der Waals surface area contributed by atoms with Crippen LogP contribution in [0.5, 0.6) is 11.5 Å². The molecule has 5 heteroatoms. The molecule has 21 heavy (non-hydrogen) atoms. The molecule has 0 fully saturated rings. The second-order valence-electron chi connectivity index (χ2n) is 4.43. The summed E-state index contributed by atoms with van der Waals surface area (Å²) in [4.78, 5) is 24.0. The first kappa shape index (κ1) is 13.2. The van der Waals surface area contributed by atoms with Gasteiger partial charge in [-0.2, -0.15) is 0 Å². The normalized spacial score (nSPS) is 12.0. The minimum absolute atomic E-state index is 0.0404. The number of rotatable bonds is 4. The van der Waals surface area contributed by atoms with Gasteiger partial charge in [0.05, 0.1) is 5.56 Å². The molecular formula is C16H12O5. The Balaban J connectivity index is 1.71. The van der Waals surface area contributed by atoms with Crippen LogP contribution in [0, 0.1) is 0 Å². The molecule has 0 aromatic heterocycles. The van der Waals surface area contributed by atoms with Crippen molar-refractivity contribution in [3.63, 3.8) is 0 Å². The highest BCUT2D eigenvalue weighted by Crippen LogP contribution is 2.35. The Bertz CT molecular complexity index is 678. The summed E-state index contributed by atoms with van der Waals surface area (Å²) in [5, 5.41) is 0. The minimum atomic E-state index is -0.914. The summed E-state index contributed by atoms with van der Waals surface area (Å²) in [5.74, 6) is -0.910. The Morgan fingerprint density at radius 3 is 2.62 bits per heavy atom. The van der Waals surface area contributed by atoms with Crippen molar-refractivity contribution < 1.29 is 23.8 Å². The Kier molecular flexibility index (Phi) is 3.55. The largest absolute Gasteiger partial charge is 0.455 e. The van der Waals surface area contributed by atoms with Gasteiger partial charge in [0.25, 0.3) is 5.78 Å². The average molecular weight is 284 g/mol. The van der Waals surface area contributed by atoms with E-state index in [4.69, 9.17) is 14.2 Å². The van der Waals surface area contributed by atoms with Gasteiger partial charge in [0.1, 0.15) is 6.61 Å². The van der Waals surface area contributed by atoms with Gasteiger partial charge in [-0.25, -0.2) is 4.79 Å². The summed E-state index contributed by atoms with van der Waals surface area (Å²) in [6, 6.07) is 14.0. The highest BCUT2D eigenvalue weighted by Gasteiger charge is 2.27. The molecule has 3 rings (SSSR count). The molecule has 0 bridgehead atoms. The van der Waals surface area contributed by atoms with Crippen LogP contribution in [0.2, 0.25) is 0 Å². The number of para-hydroxylation sites is 1. The van der Waals surface area contributed by atoms with Gasteiger partial charge < -0.3 is 14.2 Å². The smallest absolute Gasteiger partial charge is 0.380 e. The summed E-state index contributed by atoms with van der Waals surface area (Å²) >= 11 is 0. The maximum Gasteiger partial charge on any atom is 0.380 e. The van der Waals surface area contributed by atoms with E-state index in [1.807, 2.05) is 30.3 Å². The summed E-state index contributed by atoms with van der Waals surface area (Å²) < 4.78 is 15.4. The van der Waals surface area contributed by atoms with Crippen LogP contribution in [0.15, 0.2) is 48.5 Å². The van der Waals surface area contributed by atoms with Gasteiger partial charge in [-0.15, -0.1) is 0 Å². The first-order chi connectivity index (χ1) is 10.3. The lowest BCUT2D eigenvalue weighted by atomic mass is 10.1. The van der Waals surface area contributed by atoms with Crippen LogP contribution < -0.4 is 9.47 Å². The molecule has 0 aliphatic carbocycles. The molecule has 0 amide bonds. The molecule has 0 spiro atoms. The molecule has 0 saturated heterocycles. The quantitative estimate of drug-likeness (QED) is 0.490. The Morgan fingerprint density at radius 2 is 1.81 bits per heavy atom. The minimum Gasteiger partial charge on any atom is -0.455 e. The monoisotopic (exact) mass is 284 g/mol. The first-order valence-electron chi connectivity index (χ1n) is 6.39. The molecule has 1 aliphatic heterocycles. The summed E-state index contributed by atoms with van der Waals surface area (Å²) in [6.45, 7) is 0.0937. The third-order valence-electron chi connectivity index (χ3n) is 3.04. The van der Waals surface area contributed by atoms with Crippen LogP contribution in [0.25, 0.3) is 0 Å². The number of carbonyl (C=O) groups is 2. The maximum absolute atomic E-state index is 12.1. The van der Waals surface area contributed by atoms with E-state index in [2.05, 4.69) is 0 Å². The molecule has 0 radical (unpaired) electrons. The number of hydrogen-bond acceptors (Lipinski definition) is 5. The molecule has 2 aromatic rings. The number of ketones is 1. The van der Waals surface area contributed by atoms with Crippen molar-refractivity contribution in [2.75, 3.05) is 6.79 Å². The third-order valence-corrected chi connectivity index (χ3v) is 3.04. The fourth-order valence-corrected chi connectivity index (χ4v) is 2.01. The number of esters is 1. The number of fused-ring (bicyclic) bond motifs is 1. The predicted molar refractivity (Wildman–Crippen MR) is 73.1 cm³/mol. The van der Waals surface area contributed by atoms with Gasteiger partial charge in [0.15, 0.2) is 11.5 Å². The van der Waals surface area contributed by atoms with E-state index >= 15 is 0 Å². The van der Waals surface area contributed by atoms with Crippen molar-refractivity contribution >= 4 is 11.8 Å². The zero-order valence-electron chi connectivity index (χ0n) is 11.1.